The quantitative estimate of drug-likeness (QED) is 0.647. The van der Waals surface area contributed by atoms with Crippen molar-refractivity contribution in [1.82, 2.24) is 20.3 Å². The number of carbonyl (C=O) groups is 2. The summed E-state index contributed by atoms with van der Waals surface area (Å²) in [5, 5.41) is 5.72. The zero-order valence-corrected chi connectivity index (χ0v) is 14.5. The van der Waals surface area contributed by atoms with Crippen LogP contribution in [-0.4, -0.2) is 33.9 Å². The highest BCUT2D eigenvalue weighted by Crippen LogP contribution is 2.19. The first-order valence-electron chi connectivity index (χ1n) is 8.12. The van der Waals surface area contributed by atoms with Crippen LogP contribution in [0.25, 0.3) is 0 Å². The molecule has 1 aromatic carbocycles. The van der Waals surface area contributed by atoms with Gasteiger partial charge in [-0.3, -0.25) is 9.78 Å². The molecule has 3 rings (SSSR count). The maximum Gasteiger partial charge on any atom is 0.339 e. The number of pyridine rings is 1. The molecule has 136 valence electrons. The number of aromatic nitrogens is 3. The molecule has 27 heavy (non-hydrogen) atoms. The second kappa shape index (κ2) is 8.52. The first-order valence-corrected chi connectivity index (χ1v) is 8.12. The lowest BCUT2D eigenvalue weighted by Gasteiger charge is -2.10. The minimum atomic E-state index is -0.483. The van der Waals surface area contributed by atoms with Gasteiger partial charge in [0.1, 0.15) is 5.69 Å². The molecule has 2 aromatic heterocycles. The molecule has 0 saturated carbocycles. The molecule has 0 unspecified atom stereocenters. The Morgan fingerprint density at radius 2 is 1.93 bits per heavy atom. The summed E-state index contributed by atoms with van der Waals surface area (Å²) in [5.41, 5.74) is 1.91. The number of ether oxygens (including phenoxy) is 1. The van der Waals surface area contributed by atoms with Gasteiger partial charge in [-0.2, -0.15) is 0 Å². The van der Waals surface area contributed by atoms with Crippen LogP contribution in [0.15, 0.2) is 61.1 Å². The number of carbonyl (C=O) groups excluding carboxylic acids is 2. The van der Waals surface area contributed by atoms with Gasteiger partial charge in [0.25, 0.3) is 5.91 Å². The molecule has 0 fully saturated rings. The molecule has 0 aliphatic heterocycles. The van der Waals surface area contributed by atoms with Crippen LogP contribution >= 0.6 is 0 Å². The Hall–Kier alpha value is -3.81. The molecule has 0 atom stereocenters. The molecule has 0 bridgehead atoms. The van der Waals surface area contributed by atoms with Crippen molar-refractivity contribution in [2.75, 3.05) is 12.4 Å². The Labute approximate surface area is 155 Å². The SMILES string of the molecule is COC(=O)c1ccccc1Nc1nccc(C(=O)NCc2cccnc2)n1. The van der Waals surface area contributed by atoms with E-state index in [9.17, 15) is 9.59 Å². The third-order valence-electron chi connectivity index (χ3n) is 3.64. The molecular formula is C19H17N5O3. The smallest absolute Gasteiger partial charge is 0.339 e. The third kappa shape index (κ3) is 4.63. The van der Waals surface area contributed by atoms with Crippen LogP contribution in [0.2, 0.25) is 0 Å². The molecular weight excluding hydrogens is 346 g/mol. The van der Waals surface area contributed by atoms with Crippen LogP contribution in [0.4, 0.5) is 11.6 Å². The minimum Gasteiger partial charge on any atom is -0.465 e. The molecule has 3 aromatic rings. The van der Waals surface area contributed by atoms with Crippen LogP contribution < -0.4 is 10.6 Å². The molecule has 2 N–H and O–H groups in total. The second-order valence-electron chi connectivity index (χ2n) is 5.47. The molecule has 8 nitrogen and oxygen atoms in total. The van der Waals surface area contributed by atoms with Gasteiger partial charge < -0.3 is 15.4 Å². The van der Waals surface area contributed by atoms with E-state index in [1.807, 2.05) is 6.07 Å². The Morgan fingerprint density at radius 1 is 1.07 bits per heavy atom. The topological polar surface area (TPSA) is 106 Å². The van der Waals surface area contributed by atoms with Gasteiger partial charge in [0, 0.05) is 25.1 Å². The fraction of sp³-hybridized carbons (Fsp3) is 0.105. The standard InChI is InChI=1S/C19H17N5O3/c1-27-18(26)14-6-2-3-7-15(14)23-19-21-10-8-16(24-19)17(25)22-12-13-5-4-9-20-11-13/h2-11H,12H2,1H3,(H,22,25)(H,21,23,24). The molecule has 2 heterocycles. The summed E-state index contributed by atoms with van der Waals surface area (Å²) in [4.78, 5) is 36.5. The molecule has 0 aliphatic rings. The molecule has 0 radical (unpaired) electrons. The van der Waals surface area contributed by atoms with Gasteiger partial charge in [0.05, 0.1) is 18.4 Å². The number of hydrogen-bond donors (Lipinski definition) is 2. The third-order valence-corrected chi connectivity index (χ3v) is 3.64. The number of rotatable bonds is 6. The summed E-state index contributed by atoms with van der Waals surface area (Å²) in [6.07, 6.45) is 4.81. The van der Waals surface area contributed by atoms with E-state index in [1.165, 1.54) is 19.4 Å². The van der Waals surface area contributed by atoms with Crippen LogP contribution in [-0.2, 0) is 11.3 Å². The molecule has 8 heteroatoms. The zero-order valence-electron chi connectivity index (χ0n) is 14.5. The largest absolute Gasteiger partial charge is 0.465 e. The first-order chi connectivity index (χ1) is 13.2. The number of amides is 1. The van der Waals surface area contributed by atoms with E-state index in [2.05, 4.69) is 25.6 Å². The summed E-state index contributed by atoms with van der Waals surface area (Å²) in [6.45, 7) is 0.338. The number of benzene rings is 1. The highest BCUT2D eigenvalue weighted by Gasteiger charge is 2.13. The highest BCUT2D eigenvalue weighted by molar-refractivity contribution is 5.96. The highest BCUT2D eigenvalue weighted by atomic mass is 16.5. The number of anilines is 2. The second-order valence-corrected chi connectivity index (χ2v) is 5.47. The van der Waals surface area contributed by atoms with Gasteiger partial charge in [-0.15, -0.1) is 0 Å². The van der Waals surface area contributed by atoms with Crippen molar-refractivity contribution >= 4 is 23.5 Å². The van der Waals surface area contributed by atoms with Crippen LogP contribution in [0.5, 0.6) is 0 Å². The van der Waals surface area contributed by atoms with E-state index in [1.54, 1.807) is 42.7 Å². The number of esters is 1. The van der Waals surface area contributed by atoms with Crippen LogP contribution in [0.1, 0.15) is 26.4 Å². The van der Waals surface area contributed by atoms with Crippen molar-refractivity contribution < 1.29 is 14.3 Å². The van der Waals surface area contributed by atoms with Gasteiger partial charge in [0.2, 0.25) is 5.95 Å². The lowest BCUT2D eigenvalue weighted by molar-refractivity contribution is 0.0601. The van der Waals surface area contributed by atoms with Crippen molar-refractivity contribution in [2.45, 2.75) is 6.54 Å². The Kier molecular flexibility index (Phi) is 5.68. The van der Waals surface area contributed by atoms with Gasteiger partial charge in [-0.25, -0.2) is 14.8 Å². The number of methoxy groups -OCH3 is 1. The average Bonchev–Trinajstić information content (AvgIpc) is 2.73. The molecule has 1 amide bonds. The maximum absolute atomic E-state index is 12.3. The predicted molar refractivity (Wildman–Crippen MR) is 98.5 cm³/mol. The molecule has 0 aliphatic carbocycles. The summed E-state index contributed by atoms with van der Waals surface area (Å²) in [5.74, 6) is -0.630. The number of nitrogens with zero attached hydrogens (tertiary/aromatic N) is 3. The van der Waals surface area contributed by atoms with Crippen molar-refractivity contribution in [2.24, 2.45) is 0 Å². The molecule has 0 saturated heterocycles. The average molecular weight is 363 g/mol. The Bertz CT molecular complexity index is 947. The normalized spacial score (nSPS) is 10.1. The number of para-hydroxylation sites is 1. The Morgan fingerprint density at radius 3 is 2.70 bits per heavy atom. The van der Waals surface area contributed by atoms with Crippen molar-refractivity contribution in [3.8, 4) is 0 Å². The van der Waals surface area contributed by atoms with Crippen molar-refractivity contribution in [3.05, 3.63) is 77.9 Å². The van der Waals surface area contributed by atoms with Gasteiger partial charge >= 0.3 is 5.97 Å². The van der Waals surface area contributed by atoms with Crippen molar-refractivity contribution in [1.29, 1.82) is 0 Å². The van der Waals surface area contributed by atoms with Gasteiger partial charge in [0.15, 0.2) is 0 Å². The van der Waals surface area contributed by atoms with E-state index >= 15 is 0 Å². The van der Waals surface area contributed by atoms with E-state index in [-0.39, 0.29) is 17.5 Å². The van der Waals surface area contributed by atoms with Crippen molar-refractivity contribution in [3.63, 3.8) is 0 Å². The van der Waals surface area contributed by atoms with E-state index in [4.69, 9.17) is 4.74 Å². The fourth-order valence-electron chi connectivity index (χ4n) is 2.32. The lowest BCUT2D eigenvalue weighted by atomic mass is 10.2. The number of nitrogens with one attached hydrogen (secondary N) is 2. The van der Waals surface area contributed by atoms with Gasteiger partial charge in [-0.1, -0.05) is 18.2 Å². The van der Waals surface area contributed by atoms with Crippen LogP contribution in [0, 0.1) is 0 Å². The summed E-state index contributed by atoms with van der Waals surface area (Å²) in [6, 6.07) is 12.0. The zero-order chi connectivity index (χ0) is 19.1. The predicted octanol–water partition coefficient (Wildman–Crippen LogP) is 2.33. The summed E-state index contributed by atoms with van der Waals surface area (Å²) >= 11 is 0. The Balaban J connectivity index is 1.72. The summed E-state index contributed by atoms with van der Waals surface area (Å²) in [7, 11) is 1.31. The molecule has 0 spiro atoms. The lowest BCUT2D eigenvalue weighted by Crippen LogP contribution is -2.24. The summed E-state index contributed by atoms with van der Waals surface area (Å²) < 4.78 is 4.76. The van der Waals surface area contributed by atoms with Crippen LogP contribution in [0.3, 0.4) is 0 Å². The number of hydrogen-bond acceptors (Lipinski definition) is 7. The fourth-order valence-corrected chi connectivity index (χ4v) is 2.32. The minimum absolute atomic E-state index is 0.195. The van der Waals surface area contributed by atoms with E-state index < -0.39 is 5.97 Å². The van der Waals surface area contributed by atoms with E-state index in [0.29, 0.717) is 17.8 Å². The maximum atomic E-state index is 12.3. The van der Waals surface area contributed by atoms with Gasteiger partial charge in [-0.05, 0) is 29.8 Å². The first kappa shape index (κ1) is 18.0. The van der Waals surface area contributed by atoms with E-state index in [0.717, 1.165) is 5.56 Å². The monoisotopic (exact) mass is 363 g/mol.